The average Bonchev–Trinajstić information content (AvgIpc) is 2.15. The minimum Gasteiger partial charge on any atom is -1.00 e. The van der Waals surface area contributed by atoms with E-state index in [2.05, 4.69) is 9.97 Å². The molecule has 0 radical (unpaired) electrons. The SMILES string of the molecule is O=S(=O)(O)c1ccnc2ncccc12.[H-].[K+]. The van der Waals surface area contributed by atoms with Gasteiger partial charge in [-0.2, -0.15) is 8.42 Å². The van der Waals surface area contributed by atoms with Gasteiger partial charge in [-0.25, -0.2) is 9.97 Å². The van der Waals surface area contributed by atoms with Crippen LogP contribution < -0.4 is 51.4 Å². The minimum absolute atomic E-state index is 0. The van der Waals surface area contributed by atoms with E-state index >= 15 is 0 Å². The van der Waals surface area contributed by atoms with Crippen molar-refractivity contribution in [3.8, 4) is 0 Å². The molecular weight excluding hydrogens is 243 g/mol. The number of hydrogen-bond acceptors (Lipinski definition) is 4. The third-order valence-corrected chi connectivity index (χ3v) is 2.66. The summed E-state index contributed by atoms with van der Waals surface area (Å²) in [7, 11) is -4.21. The molecule has 0 spiro atoms. The fourth-order valence-electron chi connectivity index (χ4n) is 1.18. The third-order valence-electron chi connectivity index (χ3n) is 1.75. The molecule has 2 rings (SSSR count). The van der Waals surface area contributed by atoms with E-state index in [1.165, 1.54) is 18.5 Å². The molecule has 7 heteroatoms. The Labute approximate surface area is 131 Å². The van der Waals surface area contributed by atoms with Crippen molar-refractivity contribution >= 4 is 21.2 Å². The summed E-state index contributed by atoms with van der Waals surface area (Å²) in [6.07, 6.45) is 2.79. The van der Waals surface area contributed by atoms with Gasteiger partial charge in [0.15, 0.2) is 5.65 Å². The Hall–Kier alpha value is 0.106. The first-order chi connectivity index (χ1) is 6.59. The second-order valence-electron chi connectivity index (χ2n) is 2.66. The van der Waals surface area contributed by atoms with Crippen LogP contribution in [0.4, 0.5) is 0 Å². The first kappa shape index (κ1) is 13.2. The van der Waals surface area contributed by atoms with Crippen molar-refractivity contribution in [3.05, 3.63) is 30.6 Å². The number of rotatable bonds is 1. The zero-order valence-electron chi connectivity index (χ0n) is 8.95. The van der Waals surface area contributed by atoms with E-state index in [0.29, 0.717) is 11.0 Å². The number of aromatic nitrogens is 2. The van der Waals surface area contributed by atoms with Gasteiger partial charge in [-0.05, 0) is 18.2 Å². The van der Waals surface area contributed by atoms with Gasteiger partial charge in [-0.3, -0.25) is 4.55 Å². The maximum absolute atomic E-state index is 10.9. The molecule has 15 heavy (non-hydrogen) atoms. The quantitative estimate of drug-likeness (QED) is 0.467. The predicted molar refractivity (Wildman–Crippen MR) is 50.5 cm³/mol. The molecule has 0 saturated heterocycles. The number of nitrogens with zero attached hydrogens (tertiary/aromatic N) is 2. The van der Waals surface area contributed by atoms with Crippen LogP contribution in [-0.4, -0.2) is 22.9 Å². The maximum atomic E-state index is 10.9. The summed E-state index contributed by atoms with van der Waals surface area (Å²) < 4.78 is 30.8. The van der Waals surface area contributed by atoms with Crippen molar-refractivity contribution in [3.63, 3.8) is 0 Å². The van der Waals surface area contributed by atoms with Crippen LogP contribution in [0.3, 0.4) is 0 Å². The zero-order chi connectivity index (χ0) is 10.2. The molecule has 5 nitrogen and oxygen atoms in total. The van der Waals surface area contributed by atoms with Gasteiger partial charge < -0.3 is 1.43 Å². The summed E-state index contributed by atoms with van der Waals surface area (Å²) in [5, 5.41) is 0.317. The molecule has 2 aromatic heterocycles. The number of pyridine rings is 2. The zero-order valence-corrected chi connectivity index (χ0v) is 11.9. The Bertz CT molecular complexity index is 585. The summed E-state index contributed by atoms with van der Waals surface area (Å²) in [5.74, 6) is 0. The van der Waals surface area contributed by atoms with E-state index < -0.39 is 10.1 Å². The molecule has 0 aromatic carbocycles. The van der Waals surface area contributed by atoms with Crippen molar-refractivity contribution in [1.29, 1.82) is 0 Å². The molecule has 0 amide bonds. The fourth-order valence-corrected chi connectivity index (χ4v) is 1.85. The largest absolute Gasteiger partial charge is 1.00 e. The molecular formula is C8H7KN2O3S. The summed E-state index contributed by atoms with van der Waals surface area (Å²) in [6.45, 7) is 0. The van der Waals surface area contributed by atoms with Crippen molar-refractivity contribution in [2.75, 3.05) is 0 Å². The first-order valence-electron chi connectivity index (χ1n) is 3.76. The third kappa shape index (κ3) is 2.81. The summed E-state index contributed by atoms with van der Waals surface area (Å²) in [5.41, 5.74) is 0.294. The van der Waals surface area contributed by atoms with Gasteiger partial charge in [0.1, 0.15) is 4.90 Å². The smallest absolute Gasteiger partial charge is 1.00 e. The Balaban J connectivity index is 0.00000112. The molecule has 2 heterocycles. The Morgan fingerprint density at radius 1 is 1.20 bits per heavy atom. The molecule has 0 saturated carbocycles. The molecule has 0 aliphatic heterocycles. The van der Waals surface area contributed by atoms with Gasteiger partial charge in [-0.1, -0.05) is 0 Å². The van der Waals surface area contributed by atoms with Gasteiger partial charge in [-0.15, -0.1) is 0 Å². The van der Waals surface area contributed by atoms with Crippen LogP contribution >= 0.6 is 0 Å². The first-order valence-corrected chi connectivity index (χ1v) is 5.20. The van der Waals surface area contributed by atoms with Crippen molar-refractivity contribution in [2.45, 2.75) is 4.90 Å². The topological polar surface area (TPSA) is 80.2 Å². The number of hydrogen-bond donors (Lipinski definition) is 1. The van der Waals surface area contributed by atoms with Crippen LogP contribution in [0.15, 0.2) is 35.5 Å². The minimum atomic E-state index is -4.21. The standard InChI is InChI=1S/C8H6N2O3S.K.H/c11-14(12,13)7-3-5-10-8-6(7)2-1-4-9-8;;/h1-5H,(H,11,12,13);;/q;+1;-1. The molecule has 0 bridgehead atoms. The molecule has 74 valence electrons. The maximum Gasteiger partial charge on any atom is 1.00 e. The predicted octanol–water partition coefficient (Wildman–Crippen LogP) is -2.01. The molecule has 1 N–H and O–H groups in total. The van der Waals surface area contributed by atoms with E-state index in [9.17, 15) is 8.42 Å². The van der Waals surface area contributed by atoms with E-state index in [0.717, 1.165) is 0 Å². The van der Waals surface area contributed by atoms with Crippen LogP contribution in [0.5, 0.6) is 0 Å². The van der Waals surface area contributed by atoms with Gasteiger partial charge >= 0.3 is 51.4 Å². The van der Waals surface area contributed by atoms with E-state index in [1.54, 1.807) is 12.1 Å². The molecule has 2 aromatic rings. The molecule has 0 aliphatic carbocycles. The van der Waals surface area contributed by atoms with Gasteiger partial charge in [0.05, 0.1) is 0 Å². The Kier molecular flexibility index (Phi) is 4.35. The van der Waals surface area contributed by atoms with Gasteiger partial charge in [0.25, 0.3) is 10.1 Å². The average molecular weight is 250 g/mol. The summed E-state index contributed by atoms with van der Waals surface area (Å²) in [6, 6.07) is 4.36. The van der Waals surface area contributed by atoms with E-state index in [1.807, 2.05) is 0 Å². The second kappa shape index (κ2) is 4.96. The van der Waals surface area contributed by atoms with Gasteiger partial charge in [0, 0.05) is 17.8 Å². The summed E-state index contributed by atoms with van der Waals surface area (Å²) >= 11 is 0. The van der Waals surface area contributed by atoms with E-state index in [4.69, 9.17) is 4.55 Å². The normalized spacial score (nSPS) is 11.0. The van der Waals surface area contributed by atoms with Crippen LogP contribution in [0.2, 0.25) is 0 Å². The second-order valence-corrected chi connectivity index (χ2v) is 4.05. The molecule has 0 fully saturated rings. The Morgan fingerprint density at radius 3 is 2.53 bits per heavy atom. The molecule has 0 unspecified atom stereocenters. The molecule has 0 atom stereocenters. The van der Waals surface area contributed by atoms with Gasteiger partial charge in [0.2, 0.25) is 0 Å². The molecule has 0 aliphatic rings. The van der Waals surface area contributed by atoms with Crippen molar-refractivity contribution in [1.82, 2.24) is 9.97 Å². The van der Waals surface area contributed by atoms with Crippen molar-refractivity contribution < 1.29 is 65.8 Å². The van der Waals surface area contributed by atoms with Crippen molar-refractivity contribution in [2.24, 2.45) is 0 Å². The van der Waals surface area contributed by atoms with E-state index in [-0.39, 0.29) is 57.7 Å². The van der Waals surface area contributed by atoms with Crippen LogP contribution in [-0.2, 0) is 10.1 Å². The monoisotopic (exact) mass is 250 g/mol. The van der Waals surface area contributed by atoms with Crippen LogP contribution in [0.25, 0.3) is 11.0 Å². The Morgan fingerprint density at radius 2 is 1.87 bits per heavy atom. The number of fused-ring (bicyclic) bond motifs is 1. The fraction of sp³-hybridized carbons (Fsp3) is 0. The van der Waals surface area contributed by atoms with Crippen LogP contribution in [0, 0.1) is 0 Å². The van der Waals surface area contributed by atoms with Crippen LogP contribution in [0.1, 0.15) is 1.43 Å². The summed E-state index contributed by atoms with van der Waals surface area (Å²) in [4.78, 5) is 7.57.